The minimum Gasteiger partial charge on any atom is -0.0740 e. The first-order valence-corrected chi connectivity index (χ1v) is 19.6. The van der Waals surface area contributed by atoms with Gasteiger partial charge in [0.1, 0.15) is 0 Å². The standard InChI is InChI=1S/C42H48Si/c1-41(2,3)32-22-20-30-25-36-35(34(30)26-32)27-37(42(4,5)6)39(31-21-23-33(24-31)43(7,8)9)40(36)38(28-16-12-10-13-17-28)29-18-14-11-15-19-29/h10-24,26-27,31,38H,25H2,1-9H3. The number of hydrogen-bond acceptors (Lipinski definition) is 0. The molecule has 0 N–H and O–H groups in total. The molecule has 1 unspecified atom stereocenters. The summed E-state index contributed by atoms with van der Waals surface area (Å²) < 4.78 is 0. The van der Waals surface area contributed by atoms with Crippen LogP contribution in [0, 0.1) is 0 Å². The van der Waals surface area contributed by atoms with Crippen molar-refractivity contribution in [3.8, 4) is 11.1 Å². The predicted molar refractivity (Wildman–Crippen MR) is 189 cm³/mol. The highest BCUT2D eigenvalue weighted by Gasteiger charge is 2.37. The van der Waals surface area contributed by atoms with Gasteiger partial charge in [0.15, 0.2) is 0 Å². The average molecular weight is 581 g/mol. The molecule has 0 bridgehead atoms. The normalized spacial score (nSPS) is 16.4. The fraction of sp³-hybridized carbons (Fsp3) is 0.333. The lowest BCUT2D eigenvalue weighted by molar-refractivity contribution is 0.580. The van der Waals surface area contributed by atoms with E-state index in [-0.39, 0.29) is 22.7 Å². The van der Waals surface area contributed by atoms with Gasteiger partial charge >= 0.3 is 0 Å². The zero-order valence-corrected chi connectivity index (χ0v) is 28.7. The highest BCUT2D eigenvalue weighted by Crippen LogP contribution is 2.52. The number of fused-ring (bicyclic) bond motifs is 3. The molecule has 4 aromatic rings. The van der Waals surface area contributed by atoms with E-state index in [9.17, 15) is 0 Å². The summed E-state index contributed by atoms with van der Waals surface area (Å²) in [7, 11) is -1.46. The third-order valence-corrected chi connectivity index (χ3v) is 11.6. The first-order valence-electron chi connectivity index (χ1n) is 16.1. The van der Waals surface area contributed by atoms with Crippen molar-refractivity contribution in [1.29, 1.82) is 0 Å². The molecule has 0 nitrogen and oxygen atoms in total. The molecule has 2 aliphatic carbocycles. The van der Waals surface area contributed by atoms with Crippen LogP contribution in [0.25, 0.3) is 11.1 Å². The third kappa shape index (κ3) is 5.53. The highest BCUT2D eigenvalue weighted by atomic mass is 28.3. The van der Waals surface area contributed by atoms with E-state index in [0.717, 1.165) is 6.42 Å². The average Bonchev–Trinajstić information content (AvgIpc) is 3.58. The summed E-state index contributed by atoms with van der Waals surface area (Å²) in [6.45, 7) is 21.6. The van der Waals surface area contributed by atoms with Gasteiger partial charge in [-0.1, -0.05) is 163 Å². The van der Waals surface area contributed by atoms with Crippen molar-refractivity contribution in [2.24, 2.45) is 0 Å². The van der Waals surface area contributed by atoms with Crippen LogP contribution in [0.1, 0.15) is 97.9 Å². The summed E-state index contributed by atoms with van der Waals surface area (Å²) in [5.74, 6) is 0.433. The molecule has 0 aliphatic heterocycles. The summed E-state index contributed by atoms with van der Waals surface area (Å²) in [4.78, 5) is 0. The molecule has 0 saturated carbocycles. The minimum atomic E-state index is -1.46. The van der Waals surface area contributed by atoms with E-state index < -0.39 is 8.07 Å². The lowest BCUT2D eigenvalue weighted by atomic mass is 9.70. The molecule has 0 fully saturated rings. The van der Waals surface area contributed by atoms with Gasteiger partial charge in [-0.25, -0.2) is 0 Å². The molecule has 0 aromatic heterocycles. The Labute approximate surface area is 261 Å². The number of allylic oxidation sites excluding steroid dienone is 4. The van der Waals surface area contributed by atoms with Gasteiger partial charge in [-0.2, -0.15) is 0 Å². The number of hydrogen-bond donors (Lipinski definition) is 0. The van der Waals surface area contributed by atoms with Crippen LogP contribution in [-0.4, -0.2) is 8.07 Å². The van der Waals surface area contributed by atoms with Crippen molar-refractivity contribution < 1.29 is 0 Å². The maximum Gasteiger partial charge on any atom is 0.0772 e. The van der Waals surface area contributed by atoms with E-state index in [4.69, 9.17) is 0 Å². The van der Waals surface area contributed by atoms with Crippen molar-refractivity contribution in [2.75, 3.05) is 0 Å². The quantitative estimate of drug-likeness (QED) is 0.143. The largest absolute Gasteiger partial charge is 0.0772 e. The van der Waals surface area contributed by atoms with Gasteiger partial charge in [-0.15, -0.1) is 0 Å². The van der Waals surface area contributed by atoms with E-state index in [1.54, 1.807) is 5.20 Å². The van der Waals surface area contributed by atoms with Crippen LogP contribution in [0.3, 0.4) is 0 Å². The summed E-state index contributed by atoms with van der Waals surface area (Å²) in [5.41, 5.74) is 14.6. The van der Waals surface area contributed by atoms with Crippen LogP contribution in [0.5, 0.6) is 0 Å². The van der Waals surface area contributed by atoms with Crippen LogP contribution in [0.4, 0.5) is 0 Å². The van der Waals surface area contributed by atoms with Crippen molar-refractivity contribution in [2.45, 2.75) is 90.3 Å². The molecule has 4 aromatic carbocycles. The molecule has 1 heteroatoms. The summed E-state index contributed by atoms with van der Waals surface area (Å²) in [6.07, 6.45) is 8.55. The van der Waals surface area contributed by atoms with E-state index in [1.165, 1.54) is 55.6 Å². The molecular weight excluding hydrogens is 533 g/mol. The first kappa shape index (κ1) is 29.6. The first-order chi connectivity index (χ1) is 20.2. The van der Waals surface area contributed by atoms with E-state index in [1.807, 2.05) is 0 Å². The van der Waals surface area contributed by atoms with Crippen LogP contribution in [-0.2, 0) is 17.3 Å². The maximum absolute atomic E-state index is 2.61. The minimum absolute atomic E-state index is 0.00890. The van der Waals surface area contributed by atoms with Crippen LogP contribution in [0.15, 0.2) is 108 Å². The Morgan fingerprint density at radius 3 is 1.81 bits per heavy atom. The zero-order valence-electron chi connectivity index (χ0n) is 27.7. The van der Waals surface area contributed by atoms with Gasteiger partial charge in [-0.05, 0) is 79.0 Å². The van der Waals surface area contributed by atoms with Gasteiger partial charge in [0, 0.05) is 11.8 Å². The second-order valence-corrected chi connectivity index (χ2v) is 20.9. The molecule has 0 spiro atoms. The molecule has 220 valence electrons. The van der Waals surface area contributed by atoms with Crippen molar-refractivity contribution in [3.05, 3.63) is 153 Å². The number of rotatable bonds is 5. The van der Waals surface area contributed by atoms with Gasteiger partial charge < -0.3 is 0 Å². The molecular formula is C42H48Si. The lowest BCUT2D eigenvalue weighted by Gasteiger charge is -2.33. The Morgan fingerprint density at radius 2 is 1.30 bits per heavy atom. The predicted octanol–water partition coefficient (Wildman–Crippen LogP) is 11.5. The van der Waals surface area contributed by atoms with Gasteiger partial charge in [0.05, 0.1) is 8.07 Å². The Balaban J connectivity index is 1.73. The van der Waals surface area contributed by atoms with E-state index in [2.05, 4.69) is 164 Å². The Bertz CT molecular complexity index is 1680. The summed E-state index contributed by atoms with van der Waals surface area (Å²) in [6, 6.07) is 32.4. The monoisotopic (exact) mass is 580 g/mol. The van der Waals surface area contributed by atoms with Gasteiger partial charge in [-0.3, -0.25) is 0 Å². The molecule has 0 radical (unpaired) electrons. The molecule has 6 rings (SSSR count). The second kappa shape index (κ2) is 10.6. The Morgan fingerprint density at radius 1 is 0.698 bits per heavy atom. The summed E-state index contributed by atoms with van der Waals surface area (Å²) in [5, 5.41) is 1.57. The Hall–Kier alpha value is -3.42. The molecule has 0 amide bonds. The van der Waals surface area contributed by atoms with Gasteiger partial charge in [0.2, 0.25) is 0 Å². The van der Waals surface area contributed by atoms with Crippen LogP contribution >= 0.6 is 0 Å². The smallest absolute Gasteiger partial charge is 0.0740 e. The Kier molecular flexibility index (Phi) is 7.33. The molecule has 0 saturated heterocycles. The molecule has 2 aliphatic rings. The van der Waals surface area contributed by atoms with E-state index in [0.29, 0.717) is 0 Å². The molecule has 0 heterocycles. The lowest BCUT2D eigenvalue weighted by Crippen LogP contribution is -2.22. The fourth-order valence-corrected chi connectivity index (χ4v) is 8.42. The topological polar surface area (TPSA) is 0 Å². The van der Waals surface area contributed by atoms with Crippen molar-refractivity contribution in [1.82, 2.24) is 0 Å². The van der Waals surface area contributed by atoms with Crippen molar-refractivity contribution in [3.63, 3.8) is 0 Å². The second-order valence-electron chi connectivity index (χ2n) is 15.8. The third-order valence-electron chi connectivity index (χ3n) is 9.56. The highest BCUT2D eigenvalue weighted by molar-refractivity contribution is 6.83. The maximum atomic E-state index is 2.61. The fourth-order valence-electron chi connectivity index (χ4n) is 7.15. The van der Waals surface area contributed by atoms with Crippen LogP contribution in [0.2, 0.25) is 19.6 Å². The van der Waals surface area contributed by atoms with E-state index >= 15 is 0 Å². The zero-order chi connectivity index (χ0) is 30.7. The molecule has 43 heavy (non-hydrogen) atoms. The van der Waals surface area contributed by atoms with Gasteiger partial charge in [0.25, 0.3) is 0 Å². The SMILES string of the molecule is CC(C)(C)c1ccc2c(c1)-c1cc(C(C)(C)C)c(C3C=CC([Si](C)(C)C)=C3)c(C(c3ccccc3)c3ccccc3)c1C2. The molecule has 1 atom stereocenters. The summed E-state index contributed by atoms with van der Waals surface area (Å²) >= 11 is 0. The number of benzene rings is 4. The van der Waals surface area contributed by atoms with Crippen molar-refractivity contribution >= 4 is 8.07 Å². The van der Waals surface area contributed by atoms with Crippen LogP contribution < -0.4 is 0 Å².